The van der Waals surface area contributed by atoms with E-state index >= 15 is 0 Å². The summed E-state index contributed by atoms with van der Waals surface area (Å²) in [5, 5.41) is 7.92. The van der Waals surface area contributed by atoms with Crippen LogP contribution in [0.3, 0.4) is 0 Å². The van der Waals surface area contributed by atoms with E-state index in [4.69, 9.17) is 0 Å². The number of benzene rings is 1. The van der Waals surface area contributed by atoms with Crippen molar-refractivity contribution >= 4 is 0 Å². The molecule has 0 aliphatic rings. The first-order chi connectivity index (χ1) is 10.2. The van der Waals surface area contributed by atoms with Crippen molar-refractivity contribution in [2.24, 2.45) is 0 Å². The molecular formula is C18H27N3. The number of hydrogen-bond acceptors (Lipinski definition) is 2. The molecule has 114 valence electrons. The standard InChI is InChI=1S/C18H27N3/c1-5-17-11-18(6-2)21(20-17)13-15-7-9-16(10-8-15)14(3)12-19-4/h7-11,14,19H,5-6,12-13H2,1-4H3. The lowest BCUT2D eigenvalue weighted by Crippen LogP contribution is -2.14. The Morgan fingerprint density at radius 2 is 1.86 bits per heavy atom. The van der Waals surface area contributed by atoms with Crippen molar-refractivity contribution in [1.82, 2.24) is 15.1 Å². The second-order valence-electron chi connectivity index (χ2n) is 5.69. The van der Waals surface area contributed by atoms with Gasteiger partial charge in [-0.1, -0.05) is 45.0 Å². The number of nitrogens with zero attached hydrogens (tertiary/aromatic N) is 2. The van der Waals surface area contributed by atoms with Crippen LogP contribution in [0.1, 0.15) is 49.2 Å². The minimum absolute atomic E-state index is 0.548. The molecule has 1 heterocycles. The van der Waals surface area contributed by atoms with Gasteiger partial charge < -0.3 is 5.32 Å². The molecule has 1 aromatic carbocycles. The van der Waals surface area contributed by atoms with Crippen LogP contribution in [0.25, 0.3) is 0 Å². The van der Waals surface area contributed by atoms with Gasteiger partial charge in [0.25, 0.3) is 0 Å². The zero-order valence-corrected chi connectivity index (χ0v) is 13.7. The van der Waals surface area contributed by atoms with Gasteiger partial charge in [-0.2, -0.15) is 5.10 Å². The zero-order chi connectivity index (χ0) is 15.2. The van der Waals surface area contributed by atoms with E-state index in [0.717, 1.165) is 25.9 Å². The molecule has 1 N–H and O–H groups in total. The predicted octanol–water partition coefficient (Wildman–Crippen LogP) is 3.38. The van der Waals surface area contributed by atoms with E-state index in [1.54, 1.807) is 0 Å². The van der Waals surface area contributed by atoms with Crippen LogP contribution in [0.15, 0.2) is 30.3 Å². The van der Waals surface area contributed by atoms with E-state index in [9.17, 15) is 0 Å². The third-order valence-corrected chi connectivity index (χ3v) is 4.03. The third-order valence-electron chi connectivity index (χ3n) is 4.03. The van der Waals surface area contributed by atoms with Gasteiger partial charge in [-0.3, -0.25) is 4.68 Å². The molecule has 2 aromatic rings. The molecule has 21 heavy (non-hydrogen) atoms. The first-order valence-electron chi connectivity index (χ1n) is 7.96. The van der Waals surface area contributed by atoms with Gasteiger partial charge in [-0.05, 0) is 43.0 Å². The first-order valence-corrected chi connectivity index (χ1v) is 7.96. The molecular weight excluding hydrogens is 258 g/mol. The Labute approximate surface area is 128 Å². The van der Waals surface area contributed by atoms with Gasteiger partial charge >= 0.3 is 0 Å². The van der Waals surface area contributed by atoms with Crippen molar-refractivity contribution in [2.75, 3.05) is 13.6 Å². The molecule has 0 saturated heterocycles. The molecule has 0 spiro atoms. The van der Waals surface area contributed by atoms with Crippen LogP contribution >= 0.6 is 0 Å². The third kappa shape index (κ3) is 3.94. The highest BCUT2D eigenvalue weighted by molar-refractivity contribution is 5.26. The van der Waals surface area contributed by atoms with Crippen LogP contribution in [-0.4, -0.2) is 23.4 Å². The molecule has 3 nitrogen and oxygen atoms in total. The van der Waals surface area contributed by atoms with Gasteiger partial charge in [0.1, 0.15) is 0 Å². The maximum atomic E-state index is 4.69. The lowest BCUT2D eigenvalue weighted by Gasteiger charge is -2.12. The molecule has 0 aliphatic carbocycles. The molecule has 0 bridgehead atoms. The second kappa shape index (κ2) is 7.41. The molecule has 1 aromatic heterocycles. The summed E-state index contributed by atoms with van der Waals surface area (Å²) in [5.74, 6) is 0.548. The topological polar surface area (TPSA) is 29.9 Å². The van der Waals surface area contributed by atoms with E-state index in [0.29, 0.717) is 5.92 Å². The average molecular weight is 285 g/mol. The largest absolute Gasteiger partial charge is 0.319 e. The number of aryl methyl sites for hydroxylation is 2. The van der Waals surface area contributed by atoms with E-state index in [-0.39, 0.29) is 0 Å². The Hall–Kier alpha value is -1.61. The highest BCUT2D eigenvalue weighted by atomic mass is 15.3. The van der Waals surface area contributed by atoms with Gasteiger partial charge in [0.05, 0.1) is 12.2 Å². The Balaban J connectivity index is 2.11. The van der Waals surface area contributed by atoms with Gasteiger partial charge in [0.15, 0.2) is 0 Å². The van der Waals surface area contributed by atoms with Crippen molar-refractivity contribution < 1.29 is 0 Å². The molecule has 0 fully saturated rings. The predicted molar refractivity (Wildman–Crippen MR) is 88.9 cm³/mol. The van der Waals surface area contributed by atoms with Crippen LogP contribution in [-0.2, 0) is 19.4 Å². The van der Waals surface area contributed by atoms with Crippen molar-refractivity contribution in [3.63, 3.8) is 0 Å². The molecule has 0 radical (unpaired) electrons. The van der Waals surface area contributed by atoms with Crippen molar-refractivity contribution in [1.29, 1.82) is 0 Å². The summed E-state index contributed by atoms with van der Waals surface area (Å²) in [4.78, 5) is 0. The lowest BCUT2D eigenvalue weighted by molar-refractivity contribution is 0.639. The fourth-order valence-electron chi connectivity index (χ4n) is 2.66. The van der Waals surface area contributed by atoms with E-state index in [1.807, 2.05) is 7.05 Å². The van der Waals surface area contributed by atoms with Crippen LogP contribution < -0.4 is 5.32 Å². The fourth-order valence-corrected chi connectivity index (χ4v) is 2.66. The molecule has 0 aliphatic heterocycles. The molecule has 1 unspecified atom stereocenters. The minimum atomic E-state index is 0.548. The van der Waals surface area contributed by atoms with Crippen LogP contribution in [0.4, 0.5) is 0 Å². The summed E-state index contributed by atoms with van der Waals surface area (Å²) in [6, 6.07) is 11.2. The minimum Gasteiger partial charge on any atom is -0.319 e. The normalized spacial score (nSPS) is 12.6. The highest BCUT2D eigenvalue weighted by Gasteiger charge is 2.07. The average Bonchev–Trinajstić information content (AvgIpc) is 2.90. The number of rotatable bonds is 7. The van der Waals surface area contributed by atoms with Gasteiger partial charge in [-0.15, -0.1) is 0 Å². The Kier molecular flexibility index (Phi) is 5.57. The lowest BCUT2D eigenvalue weighted by atomic mass is 10.00. The number of aromatic nitrogens is 2. The van der Waals surface area contributed by atoms with Gasteiger partial charge in [-0.25, -0.2) is 0 Å². The summed E-state index contributed by atoms with van der Waals surface area (Å²) in [6.45, 7) is 8.48. The van der Waals surface area contributed by atoms with E-state index < -0.39 is 0 Å². The summed E-state index contributed by atoms with van der Waals surface area (Å²) >= 11 is 0. The summed E-state index contributed by atoms with van der Waals surface area (Å²) in [6.07, 6.45) is 2.03. The van der Waals surface area contributed by atoms with Crippen LogP contribution in [0.5, 0.6) is 0 Å². The smallest absolute Gasteiger partial charge is 0.0662 e. The number of likely N-dealkylation sites (N-methyl/N-ethyl adjacent to an activating group) is 1. The Morgan fingerprint density at radius 1 is 1.14 bits per heavy atom. The maximum Gasteiger partial charge on any atom is 0.0662 e. The van der Waals surface area contributed by atoms with Crippen molar-refractivity contribution in [3.05, 3.63) is 52.8 Å². The Morgan fingerprint density at radius 3 is 2.43 bits per heavy atom. The first kappa shape index (κ1) is 15.8. The number of nitrogens with one attached hydrogen (secondary N) is 1. The quantitative estimate of drug-likeness (QED) is 0.845. The highest BCUT2D eigenvalue weighted by Crippen LogP contribution is 2.16. The second-order valence-corrected chi connectivity index (χ2v) is 5.69. The molecule has 0 amide bonds. The molecule has 0 saturated carbocycles. The summed E-state index contributed by atoms with van der Waals surface area (Å²) in [7, 11) is 2.00. The fraction of sp³-hybridized carbons (Fsp3) is 0.500. The van der Waals surface area contributed by atoms with Gasteiger partial charge in [0, 0.05) is 12.2 Å². The van der Waals surface area contributed by atoms with Crippen molar-refractivity contribution in [2.45, 2.75) is 46.1 Å². The van der Waals surface area contributed by atoms with E-state index in [2.05, 4.69) is 66.2 Å². The molecule has 3 heteroatoms. The van der Waals surface area contributed by atoms with Crippen molar-refractivity contribution in [3.8, 4) is 0 Å². The SMILES string of the molecule is CCc1cc(CC)n(Cc2ccc(C(C)CNC)cc2)n1. The maximum absolute atomic E-state index is 4.69. The zero-order valence-electron chi connectivity index (χ0n) is 13.7. The number of hydrogen-bond donors (Lipinski definition) is 1. The summed E-state index contributed by atoms with van der Waals surface area (Å²) in [5.41, 5.74) is 5.21. The van der Waals surface area contributed by atoms with Gasteiger partial charge in [0.2, 0.25) is 0 Å². The van der Waals surface area contributed by atoms with Crippen LogP contribution in [0.2, 0.25) is 0 Å². The molecule has 2 rings (SSSR count). The Bertz CT molecular complexity index is 554. The van der Waals surface area contributed by atoms with E-state index in [1.165, 1.54) is 22.5 Å². The monoisotopic (exact) mass is 285 g/mol. The van der Waals surface area contributed by atoms with Crippen LogP contribution in [0, 0.1) is 0 Å². The summed E-state index contributed by atoms with van der Waals surface area (Å²) < 4.78 is 2.14. The molecule has 1 atom stereocenters.